The molecule has 3 rings (SSSR count). The predicted molar refractivity (Wildman–Crippen MR) is 72.8 cm³/mol. The summed E-state index contributed by atoms with van der Waals surface area (Å²) in [4.78, 5) is 40.2. The van der Waals surface area contributed by atoms with Gasteiger partial charge in [0.1, 0.15) is 0 Å². The van der Waals surface area contributed by atoms with Gasteiger partial charge in [0.15, 0.2) is 0 Å². The number of hydrogen-bond donors (Lipinski definition) is 2. The number of para-hydroxylation sites is 1. The van der Waals surface area contributed by atoms with Crippen LogP contribution in [-0.2, 0) is 6.54 Å². The number of benzene rings is 1. The van der Waals surface area contributed by atoms with E-state index in [-0.39, 0.29) is 6.54 Å². The number of rotatable bonds is 2. The first-order valence-electron chi connectivity index (χ1n) is 5.91. The molecule has 0 saturated heterocycles. The van der Waals surface area contributed by atoms with Gasteiger partial charge < -0.3 is 0 Å². The maximum absolute atomic E-state index is 11.6. The number of hydrogen-bond acceptors (Lipinski definition) is 4. The SMILES string of the molecule is O=c1[nH]c(=O)n(Cc2cccc3cccnc23)[nH]c1=O. The molecule has 0 aliphatic heterocycles. The van der Waals surface area contributed by atoms with Crippen molar-refractivity contribution < 1.29 is 0 Å². The van der Waals surface area contributed by atoms with Crippen LogP contribution in [-0.4, -0.2) is 19.7 Å². The van der Waals surface area contributed by atoms with E-state index in [1.807, 2.05) is 35.3 Å². The third kappa shape index (κ3) is 2.05. The van der Waals surface area contributed by atoms with Crippen LogP contribution in [0.25, 0.3) is 10.9 Å². The molecule has 0 fully saturated rings. The summed E-state index contributed by atoms with van der Waals surface area (Å²) < 4.78 is 1.05. The van der Waals surface area contributed by atoms with Crippen molar-refractivity contribution in [1.82, 2.24) is 19.7 Å². The van der Waals surface area contributed by atoms with E-state index in [0.29, 0.717) is 0 Å². The summed E-state index contributed by atoms with van der Waals surface area (Å²) in [5.41, 5.74) is -0.968. The molecule has 1 aromatic carbocycles. The van der Waals surface area contributed by atoms with Crippen molar-refractivity contribution in [2.75, 3.05) is 0 Å². The first-order valence-corrected chi connectivity index (χ1v) is 5.91. The van der Waals surface area contributed by atoms with E-state index < -0.39 is 16.8 Å². The number of nitrogens with one attached hydrogen (secondary N) is 2. The molecule has 2 N–H and O–H groups in total. The zero-order valence-electron chi connectivity index (χ0n) is 10.3. The average molecular weight is 270 g/mol. The Morgan fingerprint density at radius 1 is 1.05 bits per heavy atom. The first kappa shape index (κ1) is 12.1. The monoisotopic (exact) mass is 270 g/mol. The Kier molecular flexibility index (Phi) is 2.79. The second kappa shape index (κ2) is 4.61. The molecule has 7 heteroatoms. The van der Waals surface area contributed by atoms with Gasteiger partial charge in [0.25, 0.3) is 0 Å². The number of fused-ring (bicyclic) bond motifs is 1. The summed E-state index contributed by atoms with van der Waals surface area (Å²) in [6, 6.07) is 9.29. The quantitative estimate of drug-likeness (QED) is 0.631. The topological polar surface area (TPSA) is 101 Å². The van der Waals surface area contributed by atoms with Gasteiger partial charge >= 0.3 is 16.8 Å². The highest BCUT2D eigenvalue weighted by Crippen LogP contribution is 2.15. The first-order chi connectivity index (χ1) is 9.65. The molecule has 0 aliphatic rings. The van der Waals surface area contributed by atoms with Gasteiger partial charge in [0.05, 0.1) is 12.1 Å². The van der Waals surface area contributed by atoms with E-state index >= 15 is 0 Å². The van der Waals surface area contributed by atoms with Crippen LogP contribution in [0.15, 0.2) is 50.9 Å². The molecule has 0 aliphatic carbocycles. The normalized spacial score (nSPS) is 10.8. The third-order valence-corrected chi connectivity index (χ3v) is 2.95. The van der Waals surface area contributed by atoms with Crippen LogP contribution in [0.5, 0.6) is 0 Å². The van der Waals surface area contributed by atoms with Gasteiger partial charge in [-0.05, 0) is 11.6 Å². The van der Waals surface area contributed by atoms with E-state index in [1.165, 1.54) is 0 Å². The summed E-state index contributed by atoms with van der Waals surface area (Å²) >= 11 is 0. The van der Waals surface area contributed by atoms with E-state index in [4.69, 9.17) is 0 Å². The molecule has 100 valence electrons. The maximum Gasteiger partial charge on any atom is 0.343 e. The van der Waals surface area contributed by atoms with Gasteiger partial charge in [0, 0.05) is 11.6 Å². The van der Waals surface area contributed by atoms with Crippen molar-refractivity contribution in [2.24, 2.45) is 0 Å². The summed E-state index contributed by atoms with van der Waals surface area (Å²) in [6.07, 6.45) is 1.66. The van der Waals surface area contributed by atoms with Gasteiger partial charge in [-0.2, -0.15) is 0 Å². The molecule has 0 unspecified atom stereocenters. The fraction of sp³-hybridized carbons (Fsp3) is 0.0769. The van der Waals surface area contributed by atoms with Crippen LogP contribution < -0.4 is 16.8 Å². The lowest BCUT2D eigenvalue weighted by Crippen LogP contribution is -2.43. The summed E-state index contributed by atoms with van der Waals surface area (Å²) in [7, 11) is 0. The Balaban J connectivity index is 2.15. The minimum atomic E-state index is -0.956. The van der Waals surface area contributed by atoms with E-state index in [0.717, 1.165) is 21.1 Å². The minimum Gasteiger partial charge on any atom is -0.268 e. The highest BCUT2D eigenvalue weighted by atomic mass is 16.2. The number of aromatic nitrogens is 4. The Bertz CT molecular complexity index is 946. The largest absolute Gasteiger partial charge is 0.343 e. The molecule has 0 radical (unpaired) electrons. The van der Waals surface area contributed by atoms with Gasteiger partial charge in [-0.15, -0.1) is 0 Å². The van der Waals surface area contributed by atoms with Crippen LogP contribution in [0.1, 0.15) is 5.56 Å². The lowest BCUT2D eigenvalue weighted by Gasteiger charge is -2.07. The van der Waals surface area contributed by atoms with Gasteiger partial charge in [-0.1, -0.05) is 24.3 Å². The fourth-order valence-electron chi connectivity index (χ4n) is 2.02. The molecular formula is C13H10N4O3. The Hall–Kier alpha value is -2.96. The van der Waals surface area contributed by atoms with E-state index in [1.54, 1.807) is 6.20 Å². The molecule has 0 spiro atoms. The van der Waals surface area contributed by atoms with E-state index in [2.05, 4.69) is 10.1 Å². The smallest absolute Gasteiger partial charge is 0.268 e. The van der Waals surface area contributed by atoms with Crippen LogP contribution in [0.4, 0.5) is 0 Å². The number of pyridine rings is 1. The molecule has 0 atom stereocenters. The molecule has 2 heterocycles. The van der Waals surface area contributed by atoms with E-state index in [9.17, 15) is 14.4 Å². The third-order valence-electron chi connectivity index (χ3n) is 2.95. The molecule has 20 heavy (non-hydrogen) atoms. The highest BCUT2D eigenvalue weighted by molar-refractivity contribution is 5.81. The Labute approximate surface area is 111 Å². The molecule has 0 saturated carbocycles. The molecule has 0 bridgehead atoms. The molecule has 3 aromatic rings. The average Bonchev–Trinajstić information content (AvgIpc) is 2.45. The lowest BCUT2D eigenvalue weighted by atomic mass is 10.1. The molecule has 0 amide bonds. The summed E-state index contributed by atoms with van der Waals surface area (Å²) in [5, 5.41) is 3.17. The van der Waals surface area contributed by atoms with Gasteiger partial charge in [-0.3, -0.25) is 24.7 Å². The Morgan fingerprint density at radius 3 is 2.70 bits per heavy atom. The van der Waals surface area contributed by atoms with Crippen molar-refractivity contribution >= 4 is 10.9 Å². The van der Waals surface area contributed by atoms with Gasteiger partial charge in [0.2, 0.25) is 0 Å². The van der Waals surface area contributed by atoms with Crippen molar-refractivity contribution in [2.45, 2.75) is 6.54 Å². The molecular weight excluding hydrogens is 260 g/mol. The van der Waals surface area contributed by atoms with Crippen LogP contribution in [0, 0.1) is 0 Å². The summed E-state index contributed by atoms with van der Waals surface area (Å²) in [6.45, 7) is 0.124. The lowest BCUT2D eigenvalue weighted by molar-refractivity contribution is 0.596. The van der Waals surface area contributed by atoms with Crippen LogP contribution >= 0.6 is 0 Å². The molecule has 2 aromatic heterocycles. The summed E-state index contributed by atoms with van der Waals surface area (Å²) in [5.74, 6) is 0. The zero-order valence-corrected chi connectivity index (χ0v) is 10.3. The van der Waals surface area contributed by atoms with Crippen molar-refractivity contribution in [1.29, 1.82) is 0 Å². The van der Waals surface area contributed by atoms with Gasteiger partial charge in [-0.25, -0.2) is 9.48 Å². The maximum atomic E-state index is 11.6. The fourth-order valence-corrected chi connectivity index (χ4v) is 2.02. The number of aromatic amines is 2. The van der Waals surface area contributed by atoms with Crippen LogP contribution in [0.3, 0.4) is 0 Å². The van der Waals surface area contributed by atoms with Crippen LogP contribution in [0.2, 0.25) is 0 Å². The van der Waals surface area contributed by atoms with Crippen molar-refractivity contribution in [3.05, 3.63) is 73.3 Å². The predicted octanol–water partition coefficient (Wildman–Crippen LogP) is -0.179. The highest BCUT2D eigenvalue weighted by Gasteiger charge is 2.06. The molecule has 7 nitrogen and oxygen atoms in total. The minimum absolute atomic E-state index is 0.124. The Morgan fingerprint density at radius 2 is 1.85 bits per heavy atom. The van der Waals surface area contributed by atoms with Crippen molar-refractivity contribution in [3.8, 4) is 0 Å². The second-order valence-electron chi connectivity index (χ2n) is 4.28. The second-order valence-corrected chi connectivity index (χ2v) is 4.28. The number of H-pyrrole nitrogens is 2. The number of nitrogens with zero attached hydrogens (tertiary/aromatic N) is 2. The zero-order chi connectivity index (χ0) is 14.1. The standard InChI is InChI=1S/C13H10N4O3/c18-11-12(19)16-17(13(20)15-11)7-9-4-1-3-8-5-2-6-14-10(8)9/h1-6H,7H2,(H,16,19)(H,15,18,20). The van der Waals surface area contributed by atoms with Crippen molar-refractivity contribution in [3.63, 3.8) is 0 Å².